The van der Waals surface area contributed by atoms with Crippen LogP contribution in [-0.2, 0) is 66.9 Å². The van der Waals surface area contributed by atoms with Crippen LogP contribution in [-0.4, -0.2) is 174 Å². The smallest absolute Gasteiger partial charge is 0.247 e. The molecule has 7 N–H and O–H groups in total. The molecule has 17 atom stereocenters. The third-order valence-electron chi connectivity index (χ3n) is 16.7. The van der Waals surface area contributed by atoms with Crippen LogP contribution in [0.2, 0.25) is 5.02 Å². The number of ether oxygens (including phenoxy) is 5. The summed E-state index contributed by atoms with van der Waals surface area (Å²) < 4.78 is 32.1. The van der Waals surface area contributed by atoms with E-state index in [4.69, 9.17) is 35.3 Å². The Hall–Kier alpha value is -5.06. The first-order chi connectivity index (χ1) is 38.6. The van der Waals surface area contributed by atoms with E-state index in [2.05, 4.69) is 21.3 Å². The normalized spacial score (nSPS) is 33.3. The van der Waals surface area contributed by atoms with Gasteiger partial charge in [-0.2, -0.15) is 0 Å². The average Bonchev–Trinajstić information content (AvgIpc) is 3.56. The number of benzene rings is 3. The third-order valence-corrected chi connectivity index (χ3v) is 17.0. The largest absolute Gasteiger partial charge is 0.387 e. The number of carbonyl (C=O) groups is 5. The van der Waals surface area contributed by atoms with Gasteiger partial charge in [-0.3, -0.25) is 24.0 Å². The lowest BCUT2D eigenvalue weighted by molar-refractivity contribution is -0.317. The lowest BCUT2D eigenvalue weighted by Gasteiger charge is -2.49. The number of methoxy groups -OCH3 is 1. The van der Waals surface area contributed by atoms with Crippen molar-refractivity contribution in [2.45, 2.75) is 192 Å². The Labute approximate surface area is 489 Å². The van der Waals surface area contributed by atoms with E-state index in [9.17, 15) is 39.3 Å². The molecular weight excluding hydrogens is 1070 g/mol. The summed E-state index contributed by atoms with van der Waals surface area (Å²) in [5, 5.41) is 48.3. The van der Waals surface area contributed by atoms with Gasteiger partial charge in [-0.1, -0.05) is 107 Å². The highest BCUT2D eigenvalue weighted by Gasteiger charge is 2.51. The predicted molar refractivity (Wildman–Crippen MR) is 312 cm³/mol. The fourth-order valence-electron chi connectivity index (χ4n) is 11.9. The standard InChI is InChI=1S/C62H91ClN6O13/c1-35(2)46-31-51(71)66-48(28-42-23-25-44(26-24-42)64-58(75)47(30-43-21-17-18-22-45(43)63)65-50(70)29-41-19-15-14-16-20-41)59(76)69(12)34-36(3)32-61(8,77)56(82-60-53(72)49(68(10)11)27-37(4)79-60)38(5)54(39(6)57(74)67-46)81-52-33-62(9,78-13)55(73)40(7)80-52/h14-26,35-40,46-49,52-56,60,72-73,77H,27-34H2,1-13H3,(H,64,75)(H,65,70)(H,66,71)(H,67,74)/t36-,37-,38+,39-,40+,46-,47+,48-,49+,52+,53-,54+,55+,56-,60+,61-,62-/m1/s1. The van der Waals surface area contributed by atoms with E-state index in [-0.39, 0.29) is 69.0 Å². The number of nitrogens with one attached hydrogen (secondary N) is 4. The first-order valence-corrected chi connectivity index (χ1v) is 29.2. The second-order valence-electron chi connectivity index (χ2n) is 24.4. The topological polar surface area (TPSA) is 247 Å². The number of aliphatic hydroxyl groups is 3. The van der Waals surface area contributed by atoms with Crippen LogP contribution in [0.3, 0.4) is 0 Å². The minimum atomic E-state index is -1.72. The number of amides is 5. The van der Waals surface area contributed by atoms with E-state index in [0.717, 1.165) is 5.56 Å². The number of hydrogen-bond donors (Lipinski definition) is 7. The van der Waals surface area contributed by atoms with Crippen molar-refractivity contribution >= 4 is 46.8 Å². The van der Waals surface area contributed by atoms with Gasteiger partial charge >= 0.3 is 0 Å². The highest BCUT2D eigenvalue weighted by Crippen LogP contribution is 2.39. The summed E-state index contributed by atoms with van der Waals surface area (Å²) in [5.74, 6) is -4.60. The zero-order valence-electron chi connectivity index (χ0n) is 50.1. The number of anilines is 1. The molecule has 0 spiro atoms. The van der Waals surface area contributed by atoms with Gasteiger partial charge < -0.3 is 70.1 Å². The Morgan fingerprint density at radius 2 is 1.55 bits per heavy atom. The van der Waals surface area contributed by atoms with Crippen molar-refractivity contribution < 1.29 is 63.0 Å². The molecule has 82 heavy (non-hydrogen) atoms. The highest BCUT2D eigenvalue weighted by molar-refractivity contribution is 6.31. The van der Waals surface area contributed by atoms with Crippen LogP contribution >= 0.6 is 11.6 Å². The molecule has 0 saturated carbocycles. The van der Waals surface area contributed by atoms with Gasteiger partial charge in [0.05, 0.1) is 48.0 Å². The van der Waals surface area contributed by atoms with Crippen LogP contribution in [0.1, 0.15) is 105 Å². The minimum absolute atomic E-state index is 0.0547. The van der Waals surface area contributed by atoms with E-state index in [1.807, 2.05) is 90.0 Å². The molecule has 0 unspecified atom stereocenters. The van der Waals surface area contributed by atoms with Crippen molar-refractivity contribution in [1.29, 1.82) is 0 Å². The van der Waals surface area contributed by atoms with Crippen molar-refractivity contribution in [2.24, 2.45) is 23.7 Å². The highest BCUT2D eigenvalue weighted by atomic mass is 35.5. The number of halogens is 1. The van der Waals surface area contributed by atoms with E-state index >= 15 is 0 Å². The zero-order valence-corrected chi connectivity index (χ0v) is 50.9. The zero-order chi connectivity index (χ0) is 60.4. The van der Waals surface area contributed by atoms with Gasteiger partial charge in [0, 0.05) is 75.1 Å². The van der Waals surface area contributed by atoms with Crippen molar-refractivity contribution in [3.63, 3.8) is 0 Å². The van der Waals surface area contributed by atoms with Crippen LogP contribution < -0.4 is 21.3 Å². The molecule has 3 aromatic carbocycles. The molecule has 20 heteroatoms. The maximum atomic E-state index is 14.8. The monoisotopic (exact) mass is 1160 g/mol. The molecule has 19 nitrogen and oxygen atoms in total. The lowest BCUT2D eigenvalue weighted by atomic mass is 9.77. The molecule has 0 radical (unpaired) electrons. The Morgan fingerprint density at radius 1 is 0.890 bits per heavy atom. The van der Waals surface area contributed by atoms with Gasteiger partial charge in [-0.25, -0.2) is 0 Å². The molecule has 454 valence electrons. The van der Waals surface area contributed by atoms with E-state index in [0.29, 0.717) is 28.3 Å². The summed E-state index contributed by atoms with van der Waals surface area (Å²) in [7, 11) is 6.87. The van der Waals surface area contributed by atoms with Gasteiger partial charge in [-0.15, -0.1) is 0 Å². The maximum Gasteiger partial charge on any atom is 0.247 e. The number of carbonyl (C=O) groups excluding carboxylic acids is 5. The average molecular weight is 1160 g/mol. The number of hydrogen-bond acceptors (Lipinski definition) is 14. The van der Waals surface area contributed by atoms with Crippen molar-refractivity contribution in [1.82, 2.24) is 25.8 Å². The minimum Gasteiger partial charge on any atom is -0.387 e. The van der Waals surface area contributed by atoms with Crippen molar-refractivity contribution in [2.75, 3.05) is 40.1 Å². The van der Waals surface area contributed by atoms with E-state index in [1.165, 1.54) is 12.0 Å². The van der Waals surface area contributed by atoms with Crippen LogP contribution in [0.15, 0.2) is 78.9 Å². The summed E-state index contributed by atoms with van der Waals surface area (Å²) in [5.41, 5.74) is -0.240. The maximum absolute atomic E-state index is 14.8. The molecular formula is C62H91ClN6O13. The molecule has 3 heterocycles. The quantitative estimate of drug-likeness (QED) is 0.0947. The molecule has 3 aliphatic rings. The van der Waals surface area contributed by atoms with Crippen molar-refractivity contribution in [3.05, 3.63) is 101 Å². The fraction of sp³-hybridized carbons (Fsp3) is 0.629. The Balaban J connectivity index is 1.29. The number of nitrogens with zero attached hydrogens (tertiary/aromatic N) is 2. The third kappa shape index (κ3) is 17.5. The van der Waals surface area contributed by atoms with Crippen LogP contribution in [0.5, 0.6) is 0 Å². The van der Waals surface area contributed by atoms with Gasteiger partial charge in [0.15, 0.2) is 12.6 Å². The van der Waals surface area contributed by atoms with Gasteiger partial charge in [0.1, 0.15) is 24.3 Å². The summed E-state index contributed by atoms with van der Waals surface area (Å²) in [4.78, 5) is 74.6. The first-order valence-electron chi connectivity index (χ1n) is 28.8. The molecule has 3 aliphatic heterocycles. The first kappa shape index (κ1) is 66.1. The lowest BCUT2D eigenvalue weighted by Crippen LogP contribution is -2.61. The van der Waals surface area contributed by atoms with Crippen LogP contribution in [0.4, 0.5) is 5.69 Å². The van der Waals surface area contributed by atoms with Gasteiger partial charge in [0.25, 0.3) is 0 Å². The second-order valence-corrected chi connectivity index (χ2v) is 24.8. The summed E-state index contributed by atoms with van der Waals surface area (Å²) in [6, 6.07) is 20.1. The second kappa shape index (κ2) is 29.2. The number of aliphatic hydroxyl groups excluding tert-OH is 2. The summed E-state index contributed by atoms with van der Waals surface area (Å²) in [6.45, 7) is 16.3. The molecule has 5 amide bonds. The molecule has 6 rings (SSSR count). The number of likely N-dealkylation sites (N-methyl/N-ethyl adjacent to an activating group) is 2. The fourth-order valence-corrected chi connectivity index (χ4v) is 12.1. The predicted octanol–water partition coefficient (Wildman–Crippen LogP) is 5.43. The molecule has 3 aromatic rings. The van der Waals surface area contributed by atoms with Crippen LogP contribution in [0.25, 0.3) is 0 Å². The van der Waals surface area contributed by atoms with E-state index in [1.54, 1.807) is 77.2 Å². The molecule has 3 fully saturated rings. The molecule has 3 saturated heterocycles. The Kier molecular flexibility index (Phi) is 23.5. The van der Waals surface area contributed by atoms with Crippen LogP contribution in [0, 0.1) is 23.7 Å². The van der Waals surface area contributed by atoms with Gasteiger partial charge in [-0.05, 0) is 101 Å². The Morgan fingerprint density at radius 3 is 2.18 bits per heavy atom. The molecule has 0 aromatic heterocycles. The Bertz CT molecular complexity index is 2590. The molecule has 0 aliphatic carbocycles. The molecule has 0 bridgehead atoms. The van der Waals surface area contributed by atoms with Crippen molar-refractivity contribution in [3.8, 4) is 0 Å². The summed E-state index contributed by atoms with van der Waals surface area (Å²) in [6.07, 6.45) is -6.82. The number of rotatable bonds is 16. The summed E-state index contributed by atoms with van der Waals surface area (Å²) >= 11 is 6.51. The SMILES string of the molecule is CO[C@]1(C)C[C@H](O[C@H]2[C@H](C)[C@@H](O[C@@H]3O[C@H](C)C[C@H](N(C)C)[C@H]3O)[C@](C)(O)C[C@@H](C)CN(C)C(=O)[C@@H](Cc3ccc(NC(=O)[C@H](Cc4ccccc4Cl)NC(=O)Cc4ccccc4)cc3)NC(=O)C[C@H](C(C)C)NC(=O)[C@@H]2C)O[C@@H](C)[C@@H]1O. The van der Waals surface area contributed by atoms with Gasteiger partial charge in [0.2, 0.25) is 29.5 Å². The van der Waals surface area contributed by atoms with E-state index < -0.39 is 114 Å².